The van der Waals surface area contributed by atoms with Crippen LogP contribution >= 0.6 is 22.9 Å². The highest BCUT2D eigenvalue weighted by Gasteiger charge is 2.17. The minimum Gasteiger partial charge on any atom is -0.289 e. The second-order valence-corrected chi connectivity index (χ2v) is 8.48. The van der Waals surface area contributed by atoms with Gasteiger partial charge in [-0.3, -0.25) is 29.6 Å². The highest BCUT2D eigenvalue weighted by molar-refractivity contribution is 7.15. The van der Waals surface area contributed by atoms with Crippen LogP contribution < -0.4 is 16.4 Å². The molecule has 0 aliphatic carbocycles. The van der Waals surface area contributed by atoms with Gasteiger partial charge in [-0.1, -0.05) is 49.6 Å². The first-order chi connectivity index (χ1) is 16.0. The molecular formula is C22H21ClN6O3S. The fourth-order valence-corrected chi connectivity index (χ4v) is 4.37. The van der Waals surface area contributed by atoms with Gasteiger partial charge in [-0.15, -0.1) is 11.3 Å². The Kier molecular flexibility index (Phi) is 6.85. The van der Waals surface area contributed by atoms with E-state index >= 15 is 0 Å². The molecule has 0 radical (unpaired) electrons. The van der Waals surface area contributed by atoms with E-state index in [1.807, 2.05) is 5.38 Å². The Morgan fingerprint density at radius 3 is 2.76 bits per heavy atom. The summed E-state index contributed by atoms with van der Waals surface area (Å²) in [7, 11) is 0. The lowest BCUT2D eigenvalue weighted by Gasteiger charge is -2.11. The number of imidazole rings is 1. The molecule has 0 aliphatic rings. The number of hydrogen-bond acceptors (Lipinski definition) is 6. The molecule has 9 nitrogen and oxygen atoms in total. The lowest BCUT2D eigenvalue weighted by Crippen LogP contribution is -2.42. The van der Waals surface area contributed by atoms with Crippen molar-refractivity contribution in [2.75, 3.05) is 0 Å². The van der Waals surface area contributed by atoms with Gasteiger partial charge in [0.2, 0.25) is 0 Å². The molecule has 170 valence electrons. The molecule has 0 saturated carbocycles. The van der Waals surface area contributed by atoms with E-state index in [2.05, 4.69) is 27.9 Å². The minimum atomic E-state index is -0.625. The molecule has 2 N–H and O–H groups in total. The average molecular weight is 485 g/mol. The number of unbranched alkanes of at least 4 members (excludes halogenated alkanes) is 2. The second kappa shape index (κ2) is 9.97. The van der Waals surface area contributed by atoms with Gasteiger partial charge in [-0.2, -0.15) is 5.10 Å². The zero-order chi connectivity index (χ0) is 23.4. The summed E-state index contributed by atoms with van der Waals surface area (Å²) >= 11 is 7.54. The number of rotatable bonds is 7. The quantitative estimate of drug-likeness (QED) is 0.237. The lowest BCUT2D eigenvalue weighted by atomic mass is 10.1. The number of hydrazine groups is 1. The number of carbonyl (C=O) groups is 2. The van der Waals surface area contributed by atoms with Crippen LogP contribution in [0.25, 0.3) is 21.8 Å². The summed E-state index contributed by atoms with van der Waals surface area (Å²) < 4.78 is 3.07. The monoisotopic (exact) mass is 484 g/mol. The molecule has 4 rings (SSSR count). The van der Waals surface area contributed by atoms with Crippen molar-refractivity contribution in [3.63, 3.8) is 0 Å². The van der Waals surface area contributed by atoms with Crippen LogP contribution in [0.3, 0.4) is 0 Å². The maximum Gasteiger partial charge on any atom is 0.290 e. The van der Waals surface area contributed by atoms with Crippen LogP contribution in [0.5, 0.6) is 0 Å². The van der Waals surface area contributed by atoms with Crippen LogP contribution in [-0.4, -0.2) is 31.0 Å². The highest BCUT2D eigenvalue weighted by Crippen LogP contribution is 2.22. The number of nitrogens with one attached hydrogen (secondary N) is 2. The molecule has 0 aliphatic heterocycles. The van der Waals surface area contributed by atoms with Gasteiger partial charge in [0.15, 0.2) is 15.8 Å². The average Bonchev–Trinajstić information content (AvgIpc) is 3.38. The van der Waals surface area contributed by atoms with Crippen LogP contribution in [0.1, 0.15) is 42.4 Å². The van der Waals surface area contributed by atoms with Gasteiger partial charge in [0, 0.05) is 29.6 Å². The first-order valence-electron chi connectivity index (χ1n) is 10.4. The van der Waals surface area contributed by atoms with Gasteiger partial charge in [0.05, 0.1) is 11.1 Å². The van der Waals surface area contributed by atoms with E-state index in [-0.39, 0.29) is 16.4 Å². The van der Waals surface area contributed by atoms with E-state index in [0.717, 1.165) is 19.3 Å². The third-order valence-corrected chi connectivity index (χ3v) is 6.04. The van der Waals surface area contributed by atoms with Gasteiger partial charge in [0.25, 0.3) is 17.4 Å². The summed E-state index contributed by atoms with van der Waals surface area (Å²) in [6, 6.07) is 6.78. The summed E-state index contributed by atoms with van der Waals surface area (Å²) in [5.41, 5.74) is 5.06. The smallest absolute Gasteiger partial charge is 0.289 e. The molecule has 1 aromatic carbocycles. The van der Waals surface area contributed by atoms with Crippen molar-refractivity contribution in [2.45, 2.75) is 32.7 Å². The Morgan fingerprint density at radius 1 is 1.18 bits per heavy atom. The Labute approximate surface area is 197 Å². The van der Waals surface area contributed by atoms with Crippen LogP contribution in [0, 0.1) is 0 Å². The standard InChI is InChI=1S/C22H21ClN6O3S/c1-2-3-6-11-29-21(32)15-8-5-4-7-14(15)18(27-29)20(31)26-25-17(30)10-9-16-19(23)24-22-28(16)12-13-33-22/h4-5,7-10,12-13H,2-3,6,11H2,1H3,(H,25,30)(H,26,31)/b10-9+. The molecule has 3 heterocycles. The summed E-state index contributed by atoms with van der Waals surface area (Å²) in [5.74, 6) is -1.19. The Bertz CT molecular complexity index is 1420. The topological polar surface area (TPSA) is 110 Å². The fourth-order valence-electron chi connectivity index (χ4n) is 3.37. The third-order valence-electron chi connectivity index (χ3n) is 5.00. The predicted octanol–water partition coefficient (Wildman–Crippen LogP) is 3.42. The van der Waals surface area contributed by atoms with Crippen LogP contribution in [0.4, 0.5) is 0 Å². The van der Waals surface area contributed by atoms with E-state index in [0.29, 0.717) is 28.0 Å². The zero-order valence-corrected chi connectivity index (χ0v) is 19.3. The number of benzene rings is 1. The largest absolute Gasteiger partial charge is 0.290 e. The molecular weight excluding hydrogens is 464 g/mol. The van der Waals surface area contributed by atoms with Gasteiger partial charge >= 0.3 is 0 Å². The van der Waals surface area contributed by atoms with Crippen molar-refractivity contribution in [1.29, 1.82) is 0 Å². The normalized spacial score (nSPS) is 11.5. The lowest BCUT2D eigenvalue weighted by molar-refractivity contribution is -0.117. The van der Waals surface area contributed by atoms with E-state index in [1.165, 1.54) is 28.2 Å². The number of aromatic nitrogens is 4. The summed E-state index contributed by atoms with van der Waals surface area (Å²) in [6.07, 6.45) is 7.27. The second-order valence-electron chi connectivity index (χ2n) is 7.25. The van der Waals surface area contributed by atoms with Crippen molar-refractivity contribution in [3.05, 3.63) is 68.8 Å². The maximum atomic E-state index is 12.8. The molecule has 33 heavy (non-hydrogen) atoms. The molecule has 0 bridgehead atoms. The van der Waals surface area contributed by atoms with Crippen molar-refractivity contribution < 1.29 is 9.59 Å². The van der Waals surface area contributed by atoms with E-state index in [1.54, 1.807) is 34.9 Å². The molecule has 0 spiro atoms. The Morgan fingerprint density at radius 2 is 1.97 bits per heavy atom. The summed E-state index contributed by atoms with van der Waals surface area (Å²) in [5, 5.41) is 7.22. The van der Waals surface area contributed by atoms with Crippen molar-refractivity contribution in [3.8, 4) is 0 Å². The first-order valence-corrected chi connectivity index (χ1v) is 11.6. The van der Waals surface area contributed by atoms with Crippen molar-refractivity contribution >= 4 is 56.6 Å². The number of nitrogens with zero attached hydrogens (tertiary/aromatic N) is 4. The Balaban J connectivity index is 1.50. The molecule has 0 atom stereocenters. The van der Waals surface area contributed by atoms with E-state index < -0.39 is 11.8 Å². The maximum absolute atomic E-state index is 12.8. The first kappa shape index (κ1) is 22.7. The Hall–Kier alpha value is -3.50. The number of thiazole rings is 1. The van der Waals surface area contributed by atoms with Gasteiger partial charge in [-0.25, -0.2) is 9.67 Å². The predicted molar refractivity (Wildman–Crippen MR) is 128 cm³/mol. The number of hydrogen-bond donors (Lipinski definition) is 2. The number of carbonyl (C=O) groups excluding carboxylic acids is 2. The number of halogens is 1. The van der Waals surface area contributed by atoms with Gasteiger partial charge in [-0.05, 0) is 18.6 Å². The number of amides is 2. The summed E-state index contributed by atoms with van der Waals surface area (Å²) in [6.45, 7) is 2.48. The molecule has 11 heteroatoms. The van der Waals surface area contributed by atoms with Crippen LogP contribution in [0.15, 0.2) is 46.7 Å². The third kappa shape index (κ3) is 4.81. The SMILES string of the molecule is CCCCCn1nc(C(=O)NNC(=O)/C=C/c2c(Cl)nc3sccn23)c2ccccc2c1=O. The minimum absolute atomic E-state index is 0.0600. The van der Waals surface area contributed by atoms with E-state index in [4.69, 9.17) is 11.6 Å². The molecule has 0 fully saturated rings. The molecule has 3 aromatic heterocycles. The molecule has 4 aromatic rings. The fraction of sp³-hybridized carbons (Fsp3) is 0.227. The van der Waals surface area contributed by atoms with Gasteiger partial charge < -0.3 is 0 Å². The zero-order valence-electron chi connectivity index (χ0n) is 17.7. The molecule has 2 amide bonds. The van der Waals surface area contributed by atoms with Gasteiger partial charge in [0.1, 0.15) is 0 Å². The van der Waals surface area contributed by atoms with Crippen molar-refractivity contribution in [1.82, 2.24) is 30.0 Å². The number of aryl methyl sites for hydroxylation is 1. The summed E-state index contributed by atoms with van der Waals surface area (Å²) in [4.78, 5) is 42.7. The van der Waals surface area contributed by atoms with Crippen LogP contribution in [0.2, 0.25) is 5.15 Å². The molecule has 0 saturated heterocycles. The van der Waals surface area contributed by atoms with Crippen LogP contribution in [-0.2, 0) is 11.3 Å². The number of fused-ring (bicyclic) bond motifs is 2. The highest BCUT2D eigenvalue weighted by atomic mass is 35.5. The van der Waals surface area contributed by atoms with Crippen molar-refractivity contribution in [2.24, 2.45) is 0 Å². The molecule has 0 unspecified atom stereocenters. The van der Waals surface area contributed by atoms with E-state index in [9.17, 15) is 14.4 Å².